The number of imidazole rings is 1. The number of hydrogen-bond acceptors (Lipinski definition) is 6. The standard InChI is InChI=1S/C26H31FN6O2/c27-21-7-4-8-22(17-21)29-18-23-30-25-24(33(23)19-20-5-2-1-3-6-20)26(34)32(10-9-28-25)12-11-31-13-15-35-16-14-31/h1-8,17,28-29H,9-16,18-19H2. The molecule has 0 atom stereocenters. The van der Waals surface area contributed by atoms with Gasteiger partial charge in [0.25, 0.3) is 5.91 Å². The average molecular weight is 479 g/mol. The maximum Gasteiger partial charge on any atom is 0.274 e. The van der Waals surface area contributed by atoms with E-state index < -0.39 is 0 Å². The van der Waals surface area contributed by atoms with Gasteiger partial charge in [-0.2, -0.15) is 0 Å². The van der Waals surface area contributed by atoms with E-state index >= 15 is 0 Å². The number of halogens is 1. The number of rotatable bonds is 8. The Morgan fingerprint density at radius 1 is 1.03 bits per heavy atom. The minimum absolute atomic E-state index is 0.0151. The number of anilines is 2. The molecule has 5 rings (SSSR count). The van der Waals surface area contributed by atoms with Crippen LogP contribution in [0.1, 0.15) is 21.9 Å². The molecule has 2 aliphatic heterocycles. The second kappa shape index (κ2) is 10.9. The molecule has 0 saturated carbocycles. The number of hydrogen-bond donors (Lipinski definition) is 2. The highest BCUT2D eigenvalue weighted by Crippen LogP contribution is 2.24. The predicted octanol–water partition coefficient (Wildman–Crippen LogP) is 2.88. The van der Waals surface area contributed by atoms with Crippen LogP contribution in [0.2, 0.25) is 0 Å². The van der Waals surface area contributed by atoms with Gasteiger partial charge in [0.2, 0.25) is 0 Å². The number of amides is 1. The molecule has 1 saturated heterocycles. The highest BCUT2D eigenvalue weighted by molar-refractivity contribution is 5.98. The highest BCUT2D eigenvalue weighted by Gasteiger charge is 2.30. The Hall–Kier alpha value is -3.43. The van der Waals surface area contributed by atoms with Gasteiger partial charge in [0.1, 0.15) is 11.6 Å². The molecule has 1 fully saturated rings. The van der Waals surface area contributed by atoms with Crippen LogP contribution in [-0.2, 0) is 17.8 Å². The number of benzene rings is 2. The topological polar surface area (TPSA) is 74.7 Å². The number of ether oxygens (including phenoxy) is 1. The molecule has 9 heteroatoms. The quantitative estimate of drug-likeness (QED) is 0.519. The van der Waals surface area contributed by atoms with Crippen LogP contribution in [0.4, 0.5) is 15.9 Å². The van der Waals surface area contributed by atoms with E-state index in [9.17, 15) is 9.18 Å². The van der Waals surface area contributed by atoms with Crippen molar-refractivity contribution in [2.75, 3.05) is 63.1 Å². The van der Waals surface area contributed by atoms with Crippen molar-refractivity contribution < 1.29 is 13.9 Å². The first kappa shape index (κ1) is 23.3. The molecular weight excluding hydrogens is 447 g/mol. The van der Waals surface area contributed by atoms with Gasteiger partial charge < -0.3 is 24.8 Å². The number of aromatic nitrogens is 2. The molecule has 0 aliphatic carbocycles. The molecule has 2 N–H and O–H groups in total. The van der Waals surface area contributed by atoms with Crippen molar-refractivity contribution in [2.45, 2.75) is 13.1 Å². The van der Waals surface area contributed by atoms with E-state index in [1.165, 1.54) is 12.1 Å². The summed E-state index contributed by atoms with van der Waals surface area (Å²) in [6.45, 7) is 6.92. The van der Waals surface area contributed by atoms with E-state index in [1.54, 1.807) is 6.07 Å². The fraction of sp³-hybridized carbons (Fsp3) is 0.385. The molecule has 8 nitrogen and oxygen atoms in total. The van der Waals surface area contributed by atoms with Gasteiger partial charge in [0.05, 0.1) is 19.8 Å². The zero-order valence-electron chi connectivity index (χ0n) is 19.8. The third-order valence-electron chi connectivity index (χ3n) is 6.46. The van der Waals surface area contributed by atoms with Crippen molar-refractivity contribution in [1.82, 2.24) is 19.4 Å². The lowest BCUT2D eigenvalue weighted by molar-refractivity contribution is 0.0327. The zero-order chi connectivity index (χ0) is 24.0. The van der Waals surface area contributed by atoms with E-state index in [2.05, 4.69) is 15.5 Å². The maximum atomic E-state index is 13.8. The number of nitrogens with zero attached hydrogens (tertiary/aromatic N) is 4. The fourth-order valence-electron chi connectivity index (χ4n) is 4.55. The van der Waals surface area contributed by atoms with Crippen LogP contribution in [0, 0.1) is 5.82 Å². The summed E-state index contributed by atoms with van der Waals surface area (Å²) in [6.07, 6.45) is 0. The molecule has 3 aromatic rings. The van der Waals surface area contributed by atoms with Gasteiger partial charge in [-0.1, -0.05) is 36.4 Å². The van der Waals surface area contributed by atoms with Crippen LogP contribution in [0.25, 0.3) is 0 Å². The largest absolute Gasteiger partial charge is 0.379 e. The van der Waals surface area contributed by atoms with Gasteiger partial charge in [-0.25, -0.2) is 9.37 Å². The molecule has 3 heterocycles. The van der Waals surface area contributed by atoms with Crippen LogP contribution in [0.15, 0.2) is 54.6 Å². The number of fused-ring (bicyclic) bond motifs is 1. The van der Waals surface area contributed by atoms with Crippen molar-refractivity contribution in [1.29, 1.82) is 0 Å². The van der Waals surface area contributed by atoms with Gasteiger partial charge in [-0.3, -0.25) is 9.69 Å². The van der Waals surface area contributed by atoms with Crippen molar-refractivity contribution in [3.63, 3.8) is 0 Å². The van der Waals surface area contributed by atoms with Gasteiger partial charge in [-0.05, 0) is 23.8 Å². The SMILES string of the molecule is O=C1c2c(nc(CNc3cccc(F)c3)n2Cc2ccccc2)NCCN1CCN1CCOCC1. The second-order valence-electron chi connectivity index (χ2n) is 8.83. The molecule has 2 aliphatic rings. The lowest BCUT2D eigenvalue weighted by atomic mass is 10.2. The Bertz CT molecular complexity index is 1150. The van der Waals surface area contributed by atoms with Crippen molar-refractivity contribution in [2.24, 2.45) is 0 Å². The Balaban J connectivity index is 1.40. The zero-order valence-corrected chi connectivity index (χ0v) is 19.8. The fourth-order valence-corrected chi connectivity index (χ4v) is 4.55. The molecule has 35 heavy (non-hydrogen) atoms. The number of carbonyl (C=O) groups excluding carboxylic acids is 1. The first-order valence-corrected chi connectivity index (χ1v) is 12.1. The summed E-state index contributed by atoms with van der Waals surface area (Å²) in [6, 6.07) is 16.4. The number of nitrogens with one attached hydrogen (secondary N) is 2. The van der Waals surface area contributed by atoms with Crippen LogP contribution in [0.5, 0.6) is 0 Å². The van der Waals surface area contributed by atoms with E-state index in [1.807, 2.05) is 45.9 Å². The van der Waals surface area contributed by atoms with E-state index in [-0.39, 0.29) is 11.7 Å². The van der Waals surface area contributed by atoms with E-state index in [0.29, 0.717) is 49.9 Å². The number of morpholine rings is 1. The molecule has 184 valence electrons. The summed E-state index contributed by atoms with van der Waals surface area (Å²) in [5.74, 6) is 1.01. The second-order valence-corrected chi connectivity index (χ2v) is 8.83. The summed E-state index contributed by atoms with van der Waals surface area (Å²) in [7, 11) is 0. The van der Waals surface area contributed by atoms with Crippen LogP contribution in [0.3, 0.4) is 0 Å². The summed E-state index contributed by atoms with van der Waals surface area (Å²) in [5.41, 5.74) is 2.32. The van der Waals surface area contributed by atoms with Gasteiger partial charge in [0.15, 0.2) is 11.5 Å². The van der Waals surface area contributed by atoms with Gasteiger partial charge in [-0.15, -0.1) is 0 Å². The molecule has 0 spiro atoms. The summed E-state index contributed by atoms with van der Waals surface area (Å²) >= 11 is 0. The first-order chi connectivity index (χ1) is 17.2. The monoisotopic (exact) mass is 478 g/mol. The van der Waals surface area contributed by atoms with Crippen LogP contribution < -0.4 is 10.6 Å². The van der Waals surface area contributed by atoms with E-state index in [0.717, 1.165) is 44.2 Å². The molecule has 0 unspecified atom stereocenters. The third kappa shape index (κ3) is 5.63. The van der Waals surface area contributed by atoms with E-state index in [4.69, 9.17) is 9.72 Å². The Morgan fingerprint density at radius 2 is 1.86 bits per heavy atom. The maximum absolute atomic E-state index is 13.8. The Morgan fingerprint density at radius 3 is 2.66 bits per heavy atom. The van der Waals surface area contributed by atoms with Crippen LogP contribution in [-0.4, -0.2) is 77.7 Å². The smallest absolute Gasteiger partial charge is 0.274 e. The molecule has 2 aromatic carbocycles. The minimum atomic E-state index is -0.300. The summed E-state index contributed by atoms with van der Waals surface area (Å²) in [5, 5.41) is 6.61. The molecular formula is C26H31FN6O2. The normalized spacial score (nSPS) is 16.5. The Kier molecular flexibility index (Phi) is 7.25. The lowest BCUT2D eigenvalue weighted by Crippen LogP contribution is -2.44. The summed E-state index contributed by atoms with van der Waals surface area (Å²) < 4.78 is 21.1. The Labute approximate surface area is 204 Å². The van der Waals surface area contributed by atoms with Gasteiger partial charge >= 0.3 is 0 Å². The third-order valence-corrected chi connectivity index (χ3v) is 6.46. The predicted molar refractivity (Wildman–Crippen MR) is 133 cm³/mol. The van der Waals surface area contributed by atoms with Crippen molar-refractivity contribution in [3.8, 4) is 0 Å². The molecule has 0 radical (unpaired) electrons. The van der Waals surface area contributed by atoms with Gasteiger partial charge in [0, 0.05) is 51.5 Å². The minimum Gasteiger partial charge on any atom is -0.379 e. The molecule has 0 bridgehead atoms. The highest BCUT2D eigenvalue weighted by atomic mass is 19.1. The van der Waals surface area contributed by atoms with Crippen molar-refractivity contribution >= 4 is 17.4 Å². The van der Waals surface area contributed by atoms with Crippen LogP contribution >= 0.6 is 0 Å². The first-order valence-electron chi connectivity index (χ1n) is 12.1. The molecule has 1 amide bonds. The molecule has 1 aromatic heterocycles. The average Bonchev–Trinajstić information content (AvgIpc) is 3.13. The van der Waals surface area contributed by atoms with Crippen molar-refractivity contribution in [3.05, 3.63) is 77.5 Å². The summed E-state index contributed by atoms with van der Waals surface area (Å²) in [4.78, 5) is 22.8. The lowest BCUT2D eigenvalue weighted by Gasteiger charge is -2.29. The number of carbonyl (C=O) groups is 1.